The predicted molar refractivity (Wildman–Crippen MR) is 132 cm³/mol. The third kappa shape index (κ3) is 3.39. The summed E-state index contributed by atoms with van der Waals surface area (Å²) in [4.78, 5) is 8.73. The summed E-state index contributed by atoms with van der Waals surface area (Å²) in [6.07, 6.45) is 2.25. The van der Waals surface area contributed by atoms with Crippen molar-refractivity contribution in [1.29, 1.82) is 0 Å². The average Bonchev–Trinajstić information content (AvgIpc) is 3.32. The van der Waals surface area contributed by atoms with Gasteiger partial charge in [-0.2, -0.15) is 15.1 Å². The molecule has 2 aromatic heterocycles. The van der Waals surface area contributed by atoms with Gasteiger partial charge < -0.3 is 11.1 Å². The third-order valence-electron chi connectivity index (χ3n) is 6.09. The van der Waals surface area contributed by atoms with Crippen LogP contribution in [0, 0.1) is 0 Å². The van der Waals surface area contributed by atoms with Crippen molar-refractivity contribution in [3.8, 4) is 0 Å². The second-order valence-electron chi connectivity index (χ2n) is 8.28. The van der Waals surface area contributed by atoms with E-state index in [1.165, 1.54) is 4.31 Å². The molecule has 1 unspecified atom stereocenters. The largest absolute Gasteiger partial charge is 0.368 e. The van der Waals surface area contributed by atoms with E-state index < -0.39 is 10.0 Å². The lowest BCUT2D eigenvalue weighted by molar-refractivity contribution is 0.581. The molecule has 10 heteroatoms. The van der Waals surface area contributed by atoms with E-state index in [0.29, 0.717) is 29.0 Å². The average molecular weight is 472 g/mol. The van der Waals surface area contributed by atoms with Gasteiger partial charge in [0.1, 0.15) is 5.82 Å². The summed E-state index contributed by atoms with van der Waals surface area (Å²) in [5.74, 6) is 0.625. The summed E-state index contributed by atoms with van der Waals surface area (Å²) in [6, 6.07) is 20.3. The Morgan fingerprint density at radius 1 is 1.00 bits per heavy atom. The monoisotopic (exact) mass is 471 g/mol. The first-order valence-electron chi connectivity index (χ1n) is 10.8. The molecule has 0 amide bonds. The fourth-order valence-corrected chi connectivity index (χ4v) is 6.07. The minimum Gasteiger partial charge on any atom is -0.368 e. The molecule has 34 heavy (non-hydrogen) atoms. The van der Waals surface area contributed by atoms with Gasteiger partial charge in [-0.3, -0.25) is 9.40 Å². The molecule has 5 aromatic rings. The van der Waals surface area contributed by atoms with E-state index in [9.17, 15) is 8.42 Å². The number of hydrogen-bond donors (Lipinski definition) is 3. The predicted octanol–water partition coefficient (Wildman–Crippen LogP) is 3.32. The van der Waals surface area contributed by atoms with Crippen molar-refractivity contribution in [2.24, 2.45) is 0 Å². The smallest absolute Gasteiger partial charge is 0.264 e. The number of H-pyrrole nitrogens is 1. The summed E-state index contributed by atoms with van der Waals surface area (Å²) in [5.41, 5.74) is 8.00. The Kier molecular flexibility index (Phi) is 4.63. The molecule has 1 aliphatic rings. The lowest BCUT2D eigenvalue weighted by Crippen LogP contribution is -2.45. The maximum Gasteiger partial charge on any atom is 0.264 e. The van der Waals surface area contributed by atoms with Crippen molar-refractivity contribution in [3.63, 3.8) is 0 Å². The first-order valence-corrected chi connectivity index (χ1v) is 12.3. The third-order valence-corrected chi connectivity index (χ3v) is 7.87. The molecule has 3 aromatic carbocycles. The zero-order valence-electron chi connectivity index (χ0n) is 18.0. The van der Waals surface area contributed by atoms with Crippen molar-refractivity contribution in [3.05, 3.63) is 78.5 Å². The number of hydrogen-bond acceptors (Lipinski definition) is 7. The van der Waals surface area contributed by atoms with Crippen molar-refractivity contribution in [2.45, 2.75) is 17.4 Å². The van der Waals surface area contributed by atoms with Crippen LogP contribution in [0.4, 0.5) is 17.5 Å². The number of nitrogen functional groups attached to an aromatic ring is 1. The normalized spacial score (nSPS) is 16.0. The van der Waals surface area contributed by atoms with Crippen LogP contribution in [0.3, 0.4) is 0 Å². The van der Waals surface area contributed by atoms with Gasteiger partial charge in [-0.25, -0.2) is 8.42 Å². The van der Waals surface area contributed by atoms with E-state index in [0.717, 1.165) is 16.3 Å². The highest BCUT2D eigenvalue weighted by Crippen LogP contribution is 2.34. The Labute approximate surface area is 195 Å². The molecule has 170 valence electrons. The standard InChI is InChI=1S/C24H21N7O2S/c25-24-28-22(20-13-26-30-23(20)29-24)27-18-11-17-7-3-4-8-21(17)31(14-18)34(32,33)19-10-9-15-5-1-2-6-16(15)12-19/h1-10,12-13,18H,11,14H2,(H4,25,26,27,28,29,30). The Hall–Kier alpha value is -4.18. The molecule has 4 N–H and O–H groups in total. The van der Waals surface area contributed by atoms with E-state index in [4.69, 9.17) is 5.73 Å². The number of sulfonamides is 1. The van der Waals surface area contributed by atoms with Crippen LogP contribution in [0.5, 0.6) is 0 Å². The molecule has 0 bridgehead atoms. The Morgan fingerprint density at radius 2 is 1.79 bits per heavy atom. The van der Waals surface area contributed by atoms with Gasteiger partial charge >= 0.3 is 0 Å². The molecule has 0 radical (unpaired) electrons. The molecule has 0 spiro atoms. The Balaban J connectivity index is 1.40. The Morgan fingerprint density at radius 3 is 2.68 bits per heavy atom. The van der Waals surface area contributed by atoms with E-state index in [-0.39, 0.29) is 23.4 Å². The summed E-state index contributed by atoms with van der Waals surface area (Å²) in [5, 5.41) is 12.8. The van der Waals surface area contributed by atoms with Crippen LogP contribution < -0.4 is 15.4 Å². The first kappa shape index (κ1) is 20.4. The van der Waals surface area contributed by atoms with Crippen molar-refractivity contribution < 1.29 is 8.42 Å². The van der Waals surface area contributed by atoms with Crippen molar-refractivity contribution in [1.82, 2.24) is 20.2 Å². The Bertz CT molecular complexity index is 1650. The number of aromatic amines is 1. The minimum atomic E-state index is -3.81. The van der Waals surface area contributed by atoms with Crippen LogP contribution in [0.2, 0.25) is 0 Å². The minimum absolute atomic E-state index is 0.108. The fraction of sp³-hybridized carbons (Fsp3) is 0.125. The van der Waals surface area contributed by atoms with E-state index >= 15 is 0 Å². The van der Waals surface area contributed by atoms with Gasteiger partial charge in [-0.05, 0) is 41.0 Å². The van der Waals surface area contributed by atoms with Crippen LogP contribution in [0.1, 0.15) is 5.56 Å². The lowest BCUT2D eigenvalue weighted by Gasteiger charge is -2.36. The van der Waals surface area contributed by atoms with E-state index in [1.807, 2.05) is 54.6 Å². The maximum absolute atomic E-state index is 13.9. The molecule has 1 aliphatic heterocycles. The molecule has 3 heterocycles. The SMILES string of the molecule is Nc1nc(NC2Cc3ccccc3N(S(=O)(=O)c3ccc4ccccc4c3)C2)c2cn[nH]c2n1. The molecule has 6 rings (SSSR count). The van der Waals surface area contributed by atoms with Crippen LogP contribution in [-0.2, 0) is 16.4 Å². The number of para-hydroxylation sites is 1. The van der Waals surface area contributed by atoms with Gasteiger partial charge in [0.25, 0.3) is 10.0 Å². The number of rotatable bonds is 4. The second kappa shape index (κ2) is 7.70. The summed E-state index contributed by atoms with van der Waals surface area (Å²) in [6.45, 7) is 0.232. The summed E-state index contributed by atoms with van der Waals surface area (Å²) in [7, 11) is -3.81. The van der Waals surface area contributed by atoms with Crippen LogP contribution in [0.15, 0.2) is 77.8 Å². The van der Waals surface area contributed by atoms with Gasteiger partial charge in [0.05, 0.1) is 34.8 Å². The summed E-state index contributed by atoms with van der Waals surface area (Å²) >= 11 is 0. The van der Waals surface area contributed by atoms with E-state index in [2.05, 4.69) is 25.5 Å². The second-order valence-corrected chi connectivity index (χ2v) is 10.1. The van der Waals surface area contributed by atoms with Crippen molar-refractivity contribution in [2.75, 3.05) is 21.9 Å². The van der Waals surface area contributed by atoms with E-state index in [1.54, 1.807) is 18.3 Å². The van der Waals surface area contributed by atoms with Crippen LogP contribution >= 0.6 is 0 Å². The van der Waals surface area contributed by atoms with Crippen LogP contribution in [0.25, 0.3) is 21.8 Å². The lowest BCUT2D eigenvalue weighted by atomic mass is 9.99. The molecule has 0 fully saturated rings. The molecule has 9 nitrogen and oxygen atoms in total. The fourth-order valence-electron chi connectivity index (χ4n) is 4.49. The molecule has 0 saturated heterocycles. The molecular weight excluding hydrogens is 450 g/mol. The number of benzene rings is 3. The number of fused-ring (bicyclic) bond motifs is 3. The number of aromatic nitrogens is 4. The topological polar surface area (TPSA) is 130 Å². The quantitative estimate of drug-likeness (QED) is 0.367. The summed E-state index contributed by atoms with van der Waals surface area (Å²) < 4.78 is 29.2. The highest BCUT2D eigenvalue weighted by Gasteiger charge is 2.33. The molecule has 1 atom stereocenters. The molecule has 0 aliphatic carbocycles. The molecular formula is C24H21N7O2S. The van der Waals surface area contributed by atoms with Crippen molar-refractivity contribution >= 4 is 49.3 Å². The highest BCUT2D eigenvalue weighted by atomic mass is 32.2. The zero-order chi connectivity index (χ0) is 23.3. The number of nitrogens with two attached hydrogens (primary N) is 1. The highest BCUT2D eigenvalue weighted by molar-refractivity contribution is 7.92. The number of nitrogens with zero attached hydrogens (tertiary/aromatic N) is 4. The number of anilines is 3. The van der Waals surface area contributed by atoms with Crippen LogP contribution in [-0.4, -0.2) is 41.2 Å². The van der Waals surface area contributed by atoms with Gasteiger partial charge in [0, 0.05) is 0 Å². The van der Waals surface area contributed by atoms with Gasteiger partial charge in [0.15, 0.2) is 5.65 Å². The zero-order valence-corrected chi connectivity index (χ0v) is 18.8. The maximum atomic E-state index is 13.9. The first-order chi connectivity index (χ1) is 16.5. The molecule has 0 saturated carbocycles. The number of nitrogens with one attached hydrogen (secondary N) is 2. The van der Waals surface area contributed by atoms with Gasteiger partial charge in [0.2, 0.25) is 5.95 Å². The van der Waals surface area contributed by atoms with Gasteiger partial charge in [-0.1, -0.05) is 48.5 Å². The van der Waals surface area contributed by atoms with Gasteiger partial charge in [-0.15, -0.1) is 0 Å².